The van der Waals surface area contributed by atoms with Crippen molar-refractivity contribution in [3.05, 3.63) is 69.8 Å². The molecule has 3 rings (SSSR count). The molecule has 28 heavy (non-hydrogen) atoms. The van der Waals surface area contributed by atoms with Crippen LogP contribution in [0.4, 0.5) is 11.4 Å². The van der Waals surface area contributed by atoms with Crippen molar-refractivity contribution in [3.63, 3.8) is 0 Å². The molecule has 8 nitrogen and oxygen atoms in total. The highest BCUT2D eigenvalue weighted by Gasteiger charge is 2.25. The van der Waals surface area contributed by atoms with E-state index in [1.165, 1.54) is 19.2 Å². The van der Waals surface area contributed by atoms with Crippen LogP contribution in [0.25, 0.3) is 0 Å². The summed E-state index contributed by atoms with van der Waals surface area (Å²) >= 11 is 0. The van der Waals surface area contributed by atoms with Crippen LogP contribution >= 0.6 is 0 Å². The van der Waals surface area contributed by atoms with Gasteiger partial charge in [-0.2, -0.15) is 0 Å². The van der Waals surface area contributed by atoms with Crippen molar-refractivity contribution >= 4 is 23.3 Å². The van der Waals surface area contributed by atoms with Crippen LogP contribution in [0.1, 0.15) is 27.1 Å². The Morgan fingerprint density at radius 2 is 1.75 bits per heavy atom. The monoisotopic (exact) mass is 383 g/mol. The van der Waals surface area contributed by atoms with Gasteiger partial charge in [0.1, 0.15) is 5.69 Å². The molecule has 0 bridgehead atoms. The van der Waals surface area contributed by atoms with Crippen LogP contribution in [-0.4, -0.2) is 55.0 Å². The Bertz CT molecular complexity index is 885. The molecular weight excluding hydrogens is 362 g/mol. The number of nitro groups is 1. The van der Waals surface area contributed by atoms with Crippen molar-refractivity contribution in [2.75, 3.05) is 38.2 Å². The van der Waals surface area contributed by atoms with Crippen molar-refractivity contribution in [1.29, 1.82) is 0 Å². The third-order valence-electron chi connectivity index (χ3n) is 4.74. The molecule has 0 atom stereocenters. The maximum absolute atomic E-state index is 12.7. The molecular formula is C20H21N3O5. The number of esters is 1. The molecule has 0 radical (unpaired) electrons. The normalized spacial score (nSPS) is 14.3. The topological polar surface area (TPSA) is 93.0 Å². The Labute approximate surface area is 162 Å². The zero-order valence-electron chi connectivity index (χ0n) is 15.5. The van der Waals surface area contributed by atoms with Gasteiger partial charge in [0.05, 0.1) is 17.6 Å². The highest BCUT2D eigenvalue weighted by molar-refractivity contribution is 5.94. The molecule has 1 saturated heterocycles. The Kier molecular flexibility index (Phi) is 5.88. The first-order valence-corrected chi connectivity index (χ1v) is 8.97. The number of methoxy groups -OCH3 is 1. The molecule has 146 valence electrons. The summed E-state index contributed by atoms with van der Waals surface area (Å²) < 4.78 is 4.64. The molecule has 2 aromatic rings. The molecule has 0 unspecified atom stereocenters. The lowest BCUT2D eigenvalue weighted by Crippen LogP contribution is -2.35. The summed E-state index contributed by atoms with van der Waals surface area (Å²) in [5.74, 6) is -0.664. The van der Waals surface area contributed by atoms with Gasteiger partial charge in [0.2, 0.25) is 0 Å². The van der Waals surface area contributed by atoms with Crippen molar-refractivity contribution in [2.45, 2.75) is 6.42 Å². The Balaban J connectivity index is 1.79. The molecule has 1 heterocycles. The van der Waals surface area contributed by atoms with Crippen molar-refractivity contribution in [3.8, 4) is 0 Å². The van der Waals surface area contributed by atoms with Gasteiger partial charge in [0.15, 0.2) is 0 Å². The highest BCUT2D eigenvalue weighted by Crippen LogP contribution is 2.30. The number of amides is 1. The number of hydrogen-bond donors (Lipinski definition) is 0. The minimum atomic E-state index is -0.620. The first kappa shape index (κ1) is 19.3. The number of hydrogen-bond acceptors (Lipinski definition) is 6. The molecule has 1 fully saturated rings. The van der Waals surface area contributed by atoms with E-state index in [1.807, 2.05) is 23.1 Å². The molecule has 8 heteroatoms. The van der Waals surface area contributed by atoms with E-state index in [-0.39, 0.29) is 17.2 Å². The van der Waals surface area contributed by atoms with Crippen LogP contribution in [0.2, 0.25) is 0 Å². The molecule has 1 amide bonds. The van der Waals surface area contributed by atoms with Gasteiger partial charge in [-0.3, -0.25) is 14.9 Å². The second-order valence-corrected chi connectivity index (χ2v) is 6.45. The van der Waals surface area contributed by atoms with E-state index < -0.39 is 10.9 Å². The van der Waals surface area contributed by atoms with Crippen molar-refractivity contribution in [1.82, 2.24) is 4.90 Å². The average Bonchev–Trinajstić information content (AvgIpc) is 2.99. The summed E-state index contributed by atoms with van der Waals surface area (Å²) in [5.41, 5.74) is 1.05. The Hall–Kier alpha value is -3.42. The van der Waals surface area contributed by atoms with Crippen LogP contribution in [0.3, 0.4) is 0 Å². The maximum Gasteiger partial charge on any atom is 0.338 e. The second-order valence-electron chi connectivity index (χ2n) is 6.45. The van der Waals surface area contributed by atoms with Gasteiger partial charge in [-0.05, 0) is 30.7 Å². The molecule has 2 aromatic carbocycles. The molecule has 0 aliphatic carbocycles. The Morgan fingerprint density at radius 1 is 1.00 bits per heavy atom. The van der Waals surface area contributed by atoms with Crippen LogP contribution in [-0.2, 0) is 4.74 Å². The first-order chi connectivity index (χ1) is 13.5. The number of ether oxygens (including phenoxy) is 1. The standard InChI is InChI=1S/C20H21N3O5/c1-28-20(25)16-8-9-17(18(14-16)23(26)27)21-10-5-11-22(13-12-21)19(24)15-6-3-2-4-7-15/h2-4,6-9,14H,5,10-13H2,1H3. The summed E-state index contributed by atoms with van der Waals surface area (Å²) in [6, 6.07) is 13.4. The maximum atomic E-state index is 12.7. The Morgan fingerprint density at radius 3 is 2.43 bits per heavy atom. The molecule has 0 N–H and O–H groups in total. The number of benzene rings is 2. The highest BCUT2D eigenvalue weighted by atomic mass is 16.6. The fraction of sp³-hybridized carbons (Fsp3) is 0.300. The average molecular weight is 383 g/mol. The van der Waals surface area contributed by atoms with E-state index in [4.69, 9.17) is 0 Å². The van der Waals surface area contributed by atoms with Crippen LogP contribution in [0.15, 0.2) is 48.5 Å². The molecule has 1 aliphatic rings. The number of carbonyl (C=O) groups is 2. The summed E-state index contributed by atoms with van der Waals surface area (Å²) in [6.45, 7) is 2.09. The number of nitro benzene ring substituents is 1. The summed E-state index contributed by atoms with van der Waals surface area (Å²) in [6.07, 6.45) is 0.689. The quantitative estimate of drug-likeness (QED) is 0.458. The largest absolute Gasteiger partial charge is 0.465 e. The summed E-state index contributed by atoms with van der Waals surface area (Å²) in [4.78, 5) is 39.0. The van der Waals surface area contributed by atoms with Gasteiger partial charge in [-0.1, -0.05) is 18.2 Å². The van der Waals surface area contributed by atoms with E-state index in [9.17, 15) is 19.7 Å². The van der Waals surface area contributed by atoms with E-state index in [0.717, 1.165) is 0 Å². The van der Waals surface area contributed by atoms with Crippen LogP contribution < -0.4 is 4.90 Å². The SMILES string of the molecule is COC(=O)c1ccc(N2CCCN(C(=O)c3ccccc3)CC2)c([N+](=O)[O-])c1. The van der Waals surface area contributed by atoms with E-state index >= 15 is 0 Å². The van der Waals surface area contributed by atoms with E-state index in [0.29, 0.717) is 43.9 Å². The summed E-state index contributed by atoms with van der Waals surface area (Å²) in [5, 5.41) is 11.5. The lowest BCUT2D eigenvalue weighted by atomic mass is 10.1. The lowest BCUT2D eigenvalue weighted by Gasteiger charge is -2.23. The smallest absolute Gasteiger partial charge is 0.338 e. The minimum Gasteiger partial charge on any atom is -0.465 e. The number of carbonyl (C=O) groups excluding carboxylic acids is 2. The third kappa shape index (κ3) is 4.11. The van der Waals surface area contributed by atoms with Gasteiger partial charge in [0.25, 0.3) is 11.6 Å². The fourth-order valence-electron chi connectivity index (χ4n) is 3.31. The first-order valence-electron chi connectivity index (χ1n) is 8.97. The number of nitrogens with zero attached hydrogens (tertiary/aromatic N) is 3. The van der Waals surface area contributed by atoms with E-state index in [2.05, 4.69) is 4.74 Å². The van der Waals surface area contributed by atoms with Crippen molar-refractivity contribution < 1.29 is 19.2 Å². The summed E-state index contributed by atoms with van der Waals surface area (Å²) in [7, 11) is 1.23. The van der Waals surface area contributed by atoms with Gasteiger partial charge < -0.3 is 14.5 Å². The zero-order valence-corrected chi connectivity index (χ0v) is 15.5. The second kappa shape index (κ2) is 8.51. The van der Waals surface area contributed by atoms with Crippen LogP contribution in [0, 0.1) is 10.1 Å². The number of anilines is 1. The van der Waals surface area contributed by atoms with Crippen LogP contribution in [0.5, 0.6) is 0 Å². The molecule has 0 spiro atoms. The van der Waals surface area contributed by atoms with Gasteiger partial charge in [-0.15, -0.1) is 0 Å². The number of rotatable bonds is 4. The van der Waals surface area contributed by atoms with E-state index in [1.54, 1.807) is 23.1 Å². The predicted molar refractivity (Wildman–Crippen MR) is 104 cm³/mol. The molecule has 0 aromatic heterocycles. The molecule has 1 aliphatic heterocycles. The minimum absolute atomic E-state index is 0.0435. The predicted octanol–water partition coefficient (Wildman–Crippen LogP) is 2.73. The van der Waals surface area contributed by atoms with Gasteiger partial charge in [0, 0.05) is 37.8 Å². The lowest BCUT2D eigenvalue weighted by molar-refractivity contribution is -0.384. The van der Waals surface area contributed by atoms with Gasteiger partial charge in [-0.25, -0.2) is 4.79 Å². The zero-order chi connectivity index (χ0) is 20.1. The fourth-order valence-corrected chi connectivity index (χ4v) is 3.31. The third-order valence-corrected chi connectivity index (χ3v) is 4.74. The molecule has 0 saturated carbocycles. The van der Waals surface area contributed by atoms with Gasteiger partial charge >= 0.3 is 5.97 Å². The van der Waals surface area contributed by atoms with Crippen molar-refractivity contribution in [2.24, 2.45) is 0 Å².